The lowest BCUT2D eigenvalue weighted by atomic mass is 10.1. The molecule has 0 aromatic heterocycles. The molecular weight excluding hydrogens is 417 g/mol. The van der Waals surface area contributed by atoms with Crippen molar-refractivity contribution in [3.05, 3.63) is 33.4 Å². The number of carbonyl (C=O) groups is 2. The highest BCUT2D eigenvalue weighted by Gasteiger charge is 2.25. The van der Waals surface area contributed by atoms with Gasteiger partial charge in [-0.05, 0) is 66.1 Å². The van der Waals surface area contributed by atoms with Gasteiger partial charge in [0.05, 0.1) is 6.54 Å². The molecule has 0 bridgehead atoms. The van der Waals surface area contributed by atoms with Crippen LogP contribution in [0.2, 0.25) is 0 Å². The van der Waals surface area contributed by atoms with Crippen LogP contribution in [0.15, 0.2) is 24.3 Å². The minimum absolute atomic E-state index is 0.0911. The normalized spacial score (nSPS) is 19.4. The van der Waals surface area contributed by atoms with Crippen molar-refractivity contribution in [2.45, 2.75) is 19.3 Å². The minimum Gasteiger partial charge on any atom is -0.342 e. The van der Waals surface area contributed by atoms with Crippen LogP contribution in [0.25, 0.3) is 0 Å². The Labute approximate surface area is 157 Å². The van der Waals surface area contributed by atoms with Crippen molar-refractivity contribution in [2.75, 3.05) is 45.8 Å². The lowest BCUT2D eigenvalue weighted by Gasteiger charge is -2.36. The van der Waals surface area contributed by atoms with Crippen LogP contribution in [0.5, 0.6) is 0 Å². The standard InChI is InChI=1S/C18H24IN3O2/c19-16-6-4-15(5-7-16)18(24)22-12-10-20(11-13-22)14-17(23)21-8-2-1-3-9-21/h4-7H,1-3,8-14H2. The predicted molar refractivity (Wildman–Crippen MR) is 102 cm³/mol. The number of benzene rings is 1. The Bertz CT molecular complexity index is 576. The quantitative estimate of drug-likeness (QED) is 0.675. The van der Waals surface area contributed by atoms with Gasteiger partial charge in [-0.2, -0.15) is 0 Å². The summed E-state index contributed by atoms with van der Waals surface area (Å²) in [5.74, 6) is 0.334. The fourth-order valence-corrected chi connectivity index (χ4v) is 3.68. The zero-order valence-corrected chi connectivity index (χ0v) is 16.1. The van der Waals surface area contributed by atoms with Crippen LogP contribution in [0.3, 0.4) is 0 Å². The molecule has 2 saturated heterocycles. The van der Waals surface area contributed by atoms with E-state index in [1.807, 2.05) is 34.1 Å². The fourth-order valence-electron chi connectivity index (χ4n) is 3.32. The zero-order valence-electron chi connectivity index (χ0n) is 13.9. The first kappa shape index (κ1) is 17.7. The maximum Gasteiger partial charge on any atom is 0.253 e. The molecule has 2 fully saturated rings. The Hall–Kier alpha value is -1.15. The number of hydrogen-bond donors (Lipinski definition) is 0. The van der Waals surface area contributed by atoms with E-state index in [0.29, 0.717) is 19.6 Å². The number of halogens is 1. The fraction of sp³-hybridized carbons (Fsp3) is 0.556. The van der Waals surface area contributed by atoms with Crippen LogP contribution in [0, 0.1) is 3.57 Å². The summed E-state index contributed by atoms with van der Waals surface area (Å²) in [6, 6.07) is 7.69. The lowest BCUT2D eigenvalue weighted by molar-refractivity contribution is -0.133. The monoisotopic (exact) mass is 441 g/mol. The average molecular weight is 441 g/mol. The van der Waals surface area contributed by atoms with Gasteiger partial charge in [-0.3, -0.25) is 14.5 Å². The summed E-state index contributed by atoms with van der Waals surface area (Å²) in [5.41, 5.74) is 0.744. The molecule has 0 atom stereocenters. The van der Waals surface area contributed by atoms with Crippen LogP contribution in [0.1, 0.15) is 29.6 Å². The Morgan fingerprint density at radius 1 is 0.833 bits per heavy atom. The Balaban J connectivity index is 1.47. The molecule has 2 heterocycles. The molecule has 130 valence electrons. The molecule has 1 aromatic carbocycles. The van der Waals surface area contributed by atoms with Gasteiger partial charge in [-0.1, -0.05) is 0 Å². The maximum atomic E-state index is 12.5. The third-order valence-electron chi connectivity index (χ3n) is 4.82. The molecule has 0 aliphatic carbocycles. The number of piperazine rings is 1. The van der Waals surface area contributed by atoms with Gasteiger partial charge in [-0.25, -0.2) is 0 Å². The highest BCUT2D eigenvalue weighted by Crippen LogP contribution is 2.13. The second-order valence-electron chi connectivity index (χ2n) is 6.52. The number of piperidine rings is 1. The predicted octanol–water partition coefficient (Wildman–Crippen LogP) is 2.06. The van der Waals surface area contributed by atoms with Gasteiger partial charge >= 0.3 is 0 Å². The number of nitrogens with zero attached hydrogens (tertiary/aromatic N) is 3. The van der Waals surface area contributed by atoms with Gasteiger partial charge in [0, 0.05) is 48.4 Å². The van der Waals surface area contributed by atoms with Gasteiger partial charge in [0.1, 0.15) is 0 Å². The molecule has 1 aromatic rings. The van der Waals surface area contributed by atoms with Gasteiger partial charge in [0.2, 0.25) is 5.91 Å². The van der Waals surface area contributed by atoms with Gasteiger partial charge < -0.3 is 9.80 Å². The molecule has 0 radical (unpaired) electrons. The van der Waals surface area contributed by atoms with E-state index in [0.717, 1.165) is 48.2 Å². The topological polar surface area (TPSA) is 43.9 Å². The second kappa shape index (κ2) is 8.29. The summed E-state index contributed by atoms with van der Waals surface area (Å²) in [6.07, 6.45) is 3.50. The molecule has 0 unspecified atom stereocenters. The number of carbonyl (C=O) groups excluding carboxylic acids is 2. The number of hydrogen-bond acceptors (Lipinski definition) is 3. The first-order valence-corrected chi connectivity index (χ1v) is 9.76. The van der Waals surface area contributed by atoms with E-state index in [4.69, 9.17) is 0 Å². The summed E-state index contributed by atoms with van der Waals surface area (Å²) in [7, 11) is 0. The summed E-state index contributed by atoms with van der Waals surface area (Å²) in [5, 5.41) is 0. The van der Waals surface area contributed by atoms with Crippen molar-refractivity contribution in [2.24, 2.45) is 0 Å². The smallest absolute Gasteiger partial charge is 0.253 e. The summed E-state index contributed by atoms with van der Waals surface area (Å²) >= 11 is 2.24. The van der Waals surface area contributed by atoms with Crippen molar-refractivity contribution in [3.63, 3.8) is 0 Å². The van der Waals surface area contributed by atoms with E-state index in [1.165, 1.54) is 6.42 Å². The first-order valence-electron chi connectivity index (χ1n) is 8.68. The van der Waals surface area contributed by atoms with Crippen molar-refractivity contribution in [1.29, 1.82) is 0 Å². The first-order chi connectivity index (χ1) is 11.6. The molecule has 6 heteroatoms. The number of rotatable bonds is 3. The molecule has 2 amide bonds. The zero-order chi connectivity index (χ0) is 16.9. The third kappa shape index (κ3) is 4.47. The van der Waals surface area contributed by atoms with Crippen LogP contribution in [-0.4, -0.2) is 72.3 Å². The minimum atomic E-state index is 0.0911. The van der Waals surface area contributed by atoms with Crippen molar-refractivity contribution < 1.29 is 9.59 Å². The highest BCUT2D eigenvalue weighted by molar-refractivity contribution is 14.1. The maximum absolute atomic E-state index is 12.5. The largest absolute Gasteiger partial charge is 0.342 e. The van der Waals surface area contributed by atoms with E-state index in [1.54, 1.807) is 0 Å². The van der Waals surface area contributed by atoms with E-state index >= 15 is 0 Å². The third-order valence-corrected chi connectivity index (χ3v) is 5.54. The molecule has 5 nitrogen and oxygen atoms in total. The van der Waals surface area contributed by atoms with Crippen molar-refractivity contribution >= 4 is 34.4 Å². The highest BCUT2D eigenvalue weighted by atomic mass is 127. The summed E-state index contributed by atoms with van der Waals surface area (Å²) in [4.78, 5) is 30.9. The molecule has 2 aliphatic heterocycles. The van der Waals surface area contributed by atoms with Crippen molar-refractivity contribution in [1.82, 2.24) is 14.7 Å². The lowest BCUT2D eigenvalue weighted by Crippen LogP contribution is -2.52. The Morgan fingerprint density at radius 2 is 1.46 bits per heavy atom. The molecule has 2 aliphatic rings. The molecule has 24 heavy (non-hydrogen) atoms. The molecule has 0 N–H and O–H groups in total. The van der Waals surface area contributed by atoms with Crippen LogP contribution < -0.4 is 0 Å². The molecule has 0 saturated carbocycles. The van der Waals surface area contributed by atoms with Crippen LogP contribution in [-0.2, 0) is 4.79 Å². The number of likely N-dealkylation sites (tertiary alicyclic amines) is 1. The molecule has 0 spiro atoms. The van der Waals surface area contributed by atoms with Crippen LogP contribution >= 0.6 is 22.6 Å². The van der Waals surface area contributed by atoms with Crippen LogP contribution in [0.4, 0.5) is 0 Å². The average Bonchev–Trinajstić information content (AvgIpc) is 2.63. The SMILES string of the molecule is O=C(CN1CCN(C(=O)c2ccc(I)cc2)CC1)N1CCCCC1. The van der Waals surface area contributed by atoms with E-state index < -0.39 is 0 Å². The van der Waals surface area contributed by atoms with Crippen molar-refractivity contribution in [3.8, 4) is 0 Å². The summed E-state index contributed by atoms with van der Waals surface area (Å²) < 4.78 is 1.13. The van der Waals surface area contributed by atoms with E-state index in [9.17, 15) is 9.59 Å². The van der Waals surface area contributed by atoms with E-state index in [-0.39, 0.29) is 11.8 Å². The van der Waals surface area contributed by atoms with Gasteiger partial charge in [0.15, 0.2) is 0 Å². The van der Waals surface area contributed by atoms with Gasteiger partial charge in [0.25, 0.3) is 5.91 Å². The number of amides is 2. The second-order valence-corrected chi connectivity index (χ2v) is 7.76. The Morgan fingerprint density at radius 3 is 2.08 bits per heavy atom. The molecule has 3 rings (SSSR count). The Kier molecular flexibility index (Phi) is 6.10. The van der Waals surface area contributed by atoms with Gasteiger partial charge in [-0.15, -0.1) is 0 Å². The molecular formula is C18H24IN3O2. The summed E-state index contributed by atoms with van der Waals surface area (Å²) in [6.45, 7) is 5.24. The van der Waals surface area contributed by atoms with E-state index in [2.05, 4.69) is 27.5 Å².